The Balaban J connectivity index is 2.18. The maximum Gasteiger partial charge on any atom is 0.267 e. The smallest absolute Gasteiger partial charge is 0.267 e. The van der Waals surface area contributed by atoms with Gasteiger partial charge in [0.2, 0.25) is 0 Å². The molecule has 1 saturated heterocycles. The van der Waals surface area contributed by atoms with Crippen LogP contribution in [-0.4, -0.2) is 28.6 Å². The van der Waals surface area contributed by atoms with Crippen LogP contribution in [0.5, 0.6) is 0 Å². The summed E-state index contributed by atoms with van der Waals surface area (Å²) in [6, 6.07) is 9.01. The SMILES string of the molecule is C=CC1CN(C(=O)c2ccccc2)C(=S)O1. The van der Waals surface area contributed by atoms with Gasteiger partial charge >= 0.3 is 0 Å². The van der Waals surface area contributed by atoms with Crippen molar-refractivity contribution in [2.75, 3.05) is 6.54 Å². The van der Waals surface area contributed by atoms with Gasteiger partial charge in [-0.05, 0) is 30.4 Å². The molecule has 1 aromatic carbocycles. The van der Waals surface area contributed by atoms with Gasteiger partial charge in [0.15, 0.2) is 0 Å². The molecule has 0 spiro atoms. The fourth-order valence-corrected chi connectivity index (χ4v) is 1.79. The van der Waals surface area contributed by atoms with E-state index in [1.165, 1.54) is 4.90 Å². The number of ether oxygens (including phenoxy) is 1. The van der Waals surface area contributed by atoms with Crippen LogP contribution in [0.2, 0.25) is 0 Å². The molecular weight excluding hydrogens is 222 g/mol. The monoisotopic (exact) mass is 233 g/mol. The minimum atomic E-state index is -0.194. The summed E-state index contributed by atoms with van der Waals surface area (Å²) < 4.78 is 5.28. The van der Waals surface area contributed by atoms with Gasteiger partial charge in [0, 0.05) is 5.56 Å². The number of hydrogen-bond donors (Lipinski definition) is 0. The second-order valence-corrected chi connectivity index (χ2v) is 3.79. The molecule has 0 N–H and O–H groups in total. The normalized spacial score (nSPS) is 19.4. The standard InChI is InChI=1S/C12H11NO2S/c1-2-10-8-13(12(16)15-10)11(14)9-6-4-3-5-7-9/h2-7,10H,1,8H2. The first-order valence-electron chi connectivity index (χ1n) is 4.92. The number of hydrogen-bond acceptors (Lipinski definition) is 3. The maximum absolute atomic E-state index is 12.0. The number of benzene rings is 1. The summed E-state index contributed by atoms with van der Waals surface area (Å²) in [7, 11) is 0. The van der Waals surface area contributed by atoms with Crippen molar-refractivity contribution in [1.29, 1.82) is 0 Å². The first-order chi connectivity index (χ1) is 7.72. The number of rotatable bonds is 2. The van der Waals surface area contributed by atoms with Crippen LogP contribution in [-0.2, 0) is 4.74 Å². The molecule has 1 fully saturated rings. The van der Waals surface area contributed by atoms with Gasteiger partial charge in [-0.2, -0.15) is 0 Å². The third-order valence-corrected chi connectivity index (χ3v) is 2.68. The molecule has 0 aliphatic carbocycles. The lowest BCUT2D eigenvalue weighted by molar-refractivity contribution is 0.0858. The van der Waals surface area contributed by atoms with Crippen LogP contribution in [0.15, 0.2) is 43.0 Å². The van der Waals surface area contributed by atoms with Crippen molar-refractivity contribution in [2.24, 2.45) is 0 Å². The van der Waals surface area contributed by atoms with Crippen LogP contribution in [0.3, 0.4) is 0 Å². The molecule has 1 aliphatic rings. The van der Waals surface area contributed by atoms with E-state index in [1.54, 1.807) is 18.2 Å². The molecule has 1 aromatic rings. The molecule has 4 heteroatoms. The molecule has 0 bridgehead atoms. The van der Waals surface area contributed by atoms with Gasteiger partial charge in [-0.15, -0.1) is 0 Å². The van der Waals surface area contributed by atoms with Crippen LogP contribution >= 0.6 is 12.2 Å². The minimum absolute atomic E-state index is 0.130. The van der Waals surface area contributed by atoms with Crippen molar-refractivity contribution in [1.82, 2.24) is 4.90 Å². The first-order valence-corrected chi connectivity index (χ1v) is 5.33. The van der Waals surface area contributed by atoms with E-state index in [0.717, 1.165) is 0 Å². The van der Waals surface area contributed by atoms with Crippen LogP contribution in [0.1, 0.15) is 10.4 Å². The van der Waals surface area contributed by atoms with Gasteiger partial charge in [-0.3, -0.25) is 9.69 Å². The topological polar surface area (TPSA) is 29.5 Å². The lowest BCUT2D eigenvalue weighted by Gasteiger charge is -2.12. The summed E-state index contributed by atoms with van der Waals surface area (Å²) in [6.07, 6.45) is 1.45. The molecule has 3 nitrogen and oxygen atoms in total. The van der Waals surface area contributed by atoms with Gasteiger partial charge in [0.05, 0.1) is 6.54 Å². The molecule has 1 aliphatic heterocycles. The van der Waals surface area contributed by atoms with Crippen LogP contribution in [0.4, 0.5) is 0 Å². The molecule has 1 unspecified atom stereocenters. The van der Waals surface area contributed by atoms with E-state index in [9.17, 15) is 4.79 Å². The quantitative estimate of drug-likeness (QED) is 0.578. The fourth-order valence-electron chi connectivity index (χ4n) is 1.51. The number of carbonyl (C=O) groups is 1. The zero-order valence-electron chi connectivity index (χ0n) is 8.63. The zero-order valence-corrected chi connectivity index (χ0v) is 9.44. The summed E-state index contributed by atoms with van der Waals surface area (Å²) in [5.41, 5.74) is 0.609. The third-order valence-electron chi connectivity index (χ3n) is 2.36. The maximum atomic E-state index is 12.0. The third kappa shape index (κ3) is 1.97. The lowest BCUT2D eigenvalue weighted by Crippen LogP contribution is -2.31. The Morgan fingerprint density at radius 3 is 2.75 bits per heavy atom. The minimum Gasteiger partial charge on any atom is -0.461 e. The number of thiocarbonyl (C=S) groups is 1. The predicted octanol–water partition coefficient (Wildman–Crippen LogP) is 2.00. The van der Waals surface area contributed by atoms with Crippen molar-refractivity contribution in [2.45, 2.75) is 6.10 Å². The summed E-state index contributed by atoms with van der Waals surface area (Å²) in [4.78, 5) is 13.5. The molecule has 16 heavy (non-hydrogen) atoms. The lowest BCUT2D eigenvalue weighted by atomic mass is 10.2. The first kappa shape index (κ1) is 10.8. The number of carbonyl (C=O) groups excluding carboxylic acids is 1. The van der Waals surface area contributed by atoms with Gasteiger partial charge in [0.25, 0.3) is 11.1 Å². The average molecular weight is 233 g/mol. The highest BCUT2D eigenvalue weighted by molar-refractivity contribution is 7.80. The van der Waals surface area contributed by atoms with Gasteiger partial charge in [-0.25, -0.2) is 0 Å². The van der Waals surface area contributed by atoms with Gasteiger partial charge in [0.1, 0.15) is 6.10 Å². The second-order valence-electron chi connectivity index (χ2n) is 3.44. The Morgan fingerprint density at radius 2 is 2.19 bits per heavy atom. The molecule has 1 atom stereocenters. The van der Waals surface area contributed by atoms with E-state index in [4.69, 9.17) is 17.0 Å². The van der Waals surface area contributed by atoms with Crippen molar-refractivity contribution < 1.29 is 9.53 Å². The highest BCUT2D eigenvalue weighted by Gasteiger charge is 2.31. The predicted molar refractivity (Wildman–Crippen MR) is 65.1 cm³/mol. The van der Waals surface area contributed by atoms with Gasteiger partial charge in [-0.1, -0.05) is 24.8 Å². The van der Waals surface area contributed by atoms with Crippen molar-refractivity contribution >= 4 is 23.3 Å². The molecule has 0 aromatic heterocycles. The Morgan fingerprint density at radius 1 is 1.50 bits per heavy atom. The molecular formula is C12H11NO2S. The highest BCUT2D eigenvalue weighted by Crippen LogP contribution is 2.15. The van der Waals surface area contributed by atoms with E-state index in [2.05, 4.69) is 6.58 Å². The second kappa shape index (κ2) is 4.45. The summed E-state index contributed by atoms with van der Waals surface area (Å²) >= 11 is 5.00. The molecule has 0 radical (unpaired) electrons. The fraction of sp³-hybridized carbons (Fsp3) is 0.167. The molecule has 82 valence electrons. The summed E-state index contributed by atoms with van der Waals surface area (Å²) in [6.45, 7) is 4.06. The molecule has 2 rings (SSSR count). The van der Waals surface area contributed by atoms with E-state index in [1.807, 2.05) is 18.2 Å². The van der Waals surface area contributed by atoms with Crippen molar-refractivity contribution in [3.8, 4) is 0 Å². The highest BCUT2D eigenvalue weighted by atomic mass is 32.1. The zero-order chi connectivity index (χ0) is 11.5. The van der Waals surface area contributed by atoms with Gasteiger partial charge < -0.3 is 4.74 Å². The number of amides is 1. The van der Waals surface area contributed by atoms with Crippen LogP contribution < -0.4 is 0 Å². The van der Waals surface area contributed by atoms with E-state index in [0.29, 0.717) is 12.1 Å². The Labute approximate surface area is 99.3 Å². The van der Waals surface area contributed by atoms with Crippen molar-refractivity contribution in [3.05, 3.63) is 48.6 Å². The average Bonchev–Trinajstić information content (AvgIpc) is 2.71. The molecule has 0 saturated carbocycles. The Bertz CT molecular complexity index is 430. The van der Waals surface area contributed by atoms with E-state index < -0.39 is 0 Å². The van der Waals surface area contributed by atoms with E-state index >= 15 is 0 Å². The summed E-state index contributed by atoms with van der Waals surface area (Å²) in [5.74, 6) is -0.130. The van der Waals surface area contributed by atoms with Crippen molar-refractivity contribution in [3.63, 3.8) is 0 Å². The Hall–Kier alpha value is -1.68. The van der Waals surface area contributed by atoms with Crippen LogP contribution in [0.25, 0.3) is 0 Å². The molecule has 1 heterocycles. The Kier molecular flexibility index (Phi) is 3.01. The largest absolute Gasteiger partial charge is 0.461 e. The summed E-state index contributed by atoms with van der Waals surface area (Å²) in [5, 5.41) is 0.221. The van der Waals surface area contributed by atoms with E-state index in [-0.39, 0.29) is 17.2 Å². The van der Waals surface area contributed by atoms with Crippen LogP contribution in [0, 0.1) is 0 Å². The number of nitrogens with zero attached hydrogens (tertiary/aromatic N) is 1. The molecule has 1 amide bonds.